The molecule has 0 saturated heterocycles. The third kappa shape index (κ3) is 4.83. The highest BCUT2D eigenvalue weighted by molar-refractivity contribution is 8.00. The fourth-order valence-corrected chi connectivity index (χ4v) is 4.11. The molecule has 0 fully saturated rings. The molecule has 4 aromatic rings. The zero-order chi connectivity index (χ0) is 21.6. The molecule has 4 rings (SSSR count). The number of carbonyl (C=O) groups is 1. The van der Waals surface area contributed by atoms with Gasteiger partial charge in [-0.15, -0.1) is 10.2 Å². The van der Waals surface area contributed by atoms with Crippen molar-refractivity contribution in [1.82, 2.24) is 25.1 Å². The van der Waals surface area contributed by atoms with Gasteiger partial charge in [0.25, 0.3) is 0 Å². The second-order valence-corrected chi connectivity index (χ2v) is 8.44. The summed E-state index contributed by atoms with van der Waals surface area (Å²) in [4.78, 5) is 17.2. The van der Waals surface area contributed by atoms with Crippen LogP contribution in [0.1, 0.15) is 24.1 Å². The van der Waals surface area contributed by atoms with E-state index in [0.29, 0.717) is 5.16 Å². The van der Waals surface area contributed by atoms with E-state index in [2.05, 4.69) is 20.5 Å². The molecule has 1 atom stereocenters. The molecule has 0 aliphatic rings. The van der Waals surface area contributed by atoms with Gasteiger partial charge in [0.1, 0.15) is 0 Å². The third-order valence-corrected chi connectivity index (χ3v) is 6.09. The zero-order valence-electron chi connectivity index (χ0n) is 17.3. The molecule has 2 aromatic heterocycles. The van der Waals surface area contributed by atoms with Crippen molar-refractivity contribution in [1.29, 1.82) is 0 Å². The van der Waals surface area contributed by atoms with Crippen molar-refractivity contribution in [3.63, 3.8) is 0 Å². The predicted octanol–water partition coefficient (Wildman–Crippen LogP) is 4.26. The first-order chi connectivity index (χ1) is 15.1. The molecule has 0 aliphatic carbocycles. The summed E-state index contributed by atoms with van der Waals surface area (Å²) in [6.07, 6.45) is 3.47. The van der Waals surface area contributed by atoms with Crippen LogP contribution in [0.3, 0.4) is 0 Å². The standard InChI is InChI=1S/C24H23N5OS/c1-17(31-24-28-27-22(29(24)2)20-14-9-15-25-16-20)23(30)26-21(18-10-5-3-6-11-18)19-12-7-4-8-13-19/h3-17,21H,1-2H3,(H,26,30). The SMILES string of the molecule is CC(Sc1nnc(-c2cccnc2)n1C)C(=O)NC(c1ccccc1)c1ccccc1. The molecule has 156 valence electrons. The number of benzene rings is 2. The van der Waals surface area contributed by atoms with Crippen molar-refractivity contribution in [2.75, 3.05) is 0 Å². The van der Waals surface area contributed by atoms with Crippen molar-refractivity contribution in [3.05, 3.63) is 96.3 Å². The Morgan fingerprint density at radius 1 is 0.935 bits per heavy atom. The summed E-state index contributed by atoms with van der Waals surface area (Å²) in [5, 5.41) is 12.1. The number of pyridine rings is 1. The van der Waals surface area contributed by atoms with Crippen LogP contribution in [-0.2, 0) is 11.8 Å². The lowest BCUT2D eigenvalue weighted by atomic mass is 9.98. The summed E-state index contributed by atoms with van der Waals surface area (Å²) in [7, 11) is 1.89. The Bertz CT molecular complexity index is 1090. The fraction of sp³-hybridized carbons (Fsp3) is 0.167. The minimum absolute atomic E-state index is 0.0615. The van der Waals surface area contributed by atoms with E-state index >= 15 is 0 Å². The molecular formula is C24H23N5OS. The zero-order valence-corrected chi connectivity index (χ0v) is 18.2. The molecule has 0 spiro atoms. The van der Waals surface area contributed by atoms with Gasteiger partial charge in [0.2, 0.25) is 5.91 Å². The maximum absolute atomic E-state index is 13.1. The van der Waals surface area contributed by atoms with E-state index in [-0.39, 0.29) is 17.2 Å². The normalized spacial score (nSPS) is 12.0. The maximum atomic E-state index is 13.1. The summed E-state index contributed by atoms with van der Waals surface area (Å²) < 4.78 is 1.89. The molecule has 0 bridgehead atoms. The van der Waals surface area contributed by atoms with Crippen LogP contribution in [0.5, 0.6) is 0 Å². The summed E-state index contributed by atoms with van der Waals surface area (Å²) in [6, 6.07) is 23.6. The number of amides is 1. The quantitative estimate of drug-likeness (QED) is 0.444. The monoisotopic (exact) mass is 429 g/mol. The Kier molecular flexibility index (Phi) is 6.43. The first-order valence-corrected chi connectivity index (χ1v) is 10.9. The van der Waals surface area contributed by atoms with Gasteiger partial charge in [-0.3, -0.25) is 9.78 Å². The lowest BCUT2D eigenvalue weighted by molar-refractivity contribution is -0.120. The topological polar surface area (TPSA) is 72.7 Å². The second kappa shape index (κ2) is 9.57. The number of nitrogens with one attached hydrogen (secondary N) is 1. The van der Waals surface area contributed by atoms with Crippen LogP contribution < -0.4 is 5.32 Å². The Hall–Kier alpha value is -3.45. The molecule has 2 heterocycles. The Morgan fingerprint density at radius 2 is 1.58 bits per heavy atom. The maximum Gasteiger partial charge on any atom is 0.234 e. The van der Waals surface area contributed by atoms with E-state index in [1.807, 2.05) is 91.3 Å². The molecule has 7 heteroatoms. The van der Waals surface area contributed by atoms with Crippen LogP contribution in [-0.4, -0.2) is 30.9 Å². The van der Waals surface area contributed by atoms with E-state index in [4.69, 9.17) is 0 Å². The average molecular weight is 430 g/mol. The van der Waals surface area contributed by atoms with Crippen LogP contribution in [0.2, 0.25) is 0 Å². The molecule has 0 radical (unpaired) electrons. The molecule has 31 heavy (non-hydrogen) atoms. The van der Waals surface area contributed by atoms with Crippen molar-refractivity contribution < 1.29 is 4.79 Å². The number of hydrogen-bond donors (Lipinski definition) is 1. The predicted molar refractivity (Wildman–Crippen MR) is 122 cm³/mol. The van der Waals surface area contributed by atoms with Crippen LogP contribution in [0, 0.1) is 0 Å². The highest BCUT2D eigenvalue weighted by Crippen LogP contribution is 2.27. The Balaban J connectivity index is 1.51. The molecular weight excluding hydrogens is 406 g/mol. The third-order valence-electron chi connectivity index (χ3n) is 4.96. The second-order valence-electron chi connectivity index (χ2n) is 7.13. The van der Waals surface area contributed by atoms with Crippen molar-refractivity contribution in [2.24, 2.45) is 7.05 Å². The lowest BCUT2D eigenvalue weighted by Crippen LogP contribution is -2.35. The van der Waals surface area contributed by atoms with Gasteiger partial charge >= 0.3 is 0 Å². The van der Waals surface area contributed by atoms with Gasteiger partial charge in [0.15, 0.2) is 11.0 Å². The minimum Gasteiger partial charge on any atom is -0.344 e. The van der Waals surface area contributed by atoms with E-state index in [0.717, 1.165) is 22.5 Å². The molecule has 0 saturated carbocycles. The van der Waals surface area contributed by atoms with Gasteiger partial charge < -0.3 is 9.88 Å². The highest BCUT2D eigenvalue weighted by Gasteiger charge is 2.23. The van der Waals surface area contributed by atoms with Gasteiger partial charge in [-0.2, -0.15) is 0 Å². The van der Waals surface area contributed by atoms with E-state index < -0.39 is 0 Å². The molecule has 1 amide bonds. The van der Waals surface area contributed by atoms with Crippen LogP contribution in [0.15, 0.2) is 90.3 Å². The Morgan fingerprint density at radius 3 is 2.16 bits per heavy atom. The first-order valence-electron chi connectivity index (χ1n) is 10.00. The van der Waals surface area contributed by atoms with Gasteiger partial charge in [0, 0.05) is 25.0 Å². The molecule has 1 N–H and O–H groups in total. The molecule has 6 nitrogen and oxygen atoms in total. The highest BCUT2D eigenvalue weighted by atomic mass is 32.2. The number of hydrogen-bond acceptors (Lipinski definition) is 5. The van der Waals surface area contributed by atoms with Gasteiger partial charge in [-0.25, -0.2) is 0 Å². The van der Waals surface area contributed by atoms with Crippen LogP contribution in [0.4, 0.5) is 0 Å². The summed E-state index contributed by atoms with van der Waals surface area (Å²) >= 11 is 1.38. The molecule has 0 aliphatic heterocycles. The number of aromatic nitrogens is 4. The smallest absolute Gasteiger partial charge is 0.234 e. The van der Waals surface area contributed by atoms with Gasteiger partial charge in [-0.1, -0.05) is 72.4 Å². The summed E-state index contributed by atoms with van der Waals surface area (Å²) in [5.74, 6) is 0.656. The number of carbonyl (C=O) groups excluding carboxylic acids is 1. The van der Waals surface area contributed by atoms with Gasteiger partial charge in [-0.05, 0) is 30.2 Å². The first kappa shape index (κ1) is 20.8. The van der Waals surface area contributed by atoms with Gasteiger partial charge in [0.05, 0.1) is 11.3 Å². The summed E-state index contributed by atoms with van der Waals surface area (Å²) in [5.41, 5.74) is 2.96. The average Bonchev–Trinajstić information content (AvgIpc) is 3.19. The fourth-order valence-electron chi connectivity index (χ4n) is 3.29. The van der Waals surface area contributed by atoms with Crippen LogP contribution >= 0.6 is 11.8 Å². The molecule has 1 unspecified atom stereocenters. The van der Waals surface area contributed by atoms with Crippen molar-refractivity contribution in [3.8, 4) is 11.4 Å². The van der Waals surface area contributed by atoms with E-state index in [9.17, 15) is 4.79 Å². The van der Waals surface area contributed by atoms with E-state index in [1.54, 1.807) is 12.4 Å². The number of nitrogens with zero attached hydrogens (tertiary/aromatic N) is 4. The van der Waals surface area contributed by atoms with Crippen molar-refractivity contribution in [2.45, 2.75) is 23.4 Å². The largest absolute Gasteiger partial charge is 0.344 e. The van der Waals surface area contributed by atoms with Crippen LogP contribution in [0.25, 0.3) is 11.4 Å². The number of rotatable bonds is 7. The van der Waals surface area contributed by atoms with Crippen molar-refractivity contribution >= 4 is 17.7 Å². The Labute approximate surface area is 185 Å². The summed E-state index contributed by atoms with van der Waals surface area (Å²) in [6.45, 7) is 1.88. The lowest BCUT2D eigenvalue weighted by Gasteiger charge is -2.22. The van der Waals surface area contributed by atoms with E-state index in [1.165, 1.54) is 11.8 Å². The molecule has 2 aromatic carbocycles. The minimum atomic E-state index is -0.348. The number of thioether (sulfide) groups is 1.